The second kappa shape index (κ2) is 13.8. The van der Waals surface area contributed by atoms with E-state index in [1.807, 2.05) is 0 Å². The minimum atomic E-state index is -1.16. The largest absolute Gasteiger partial charge is 1.00 e. The summed E-state index contributed by atoms with van der Waals surface area (Å²) in [6.07, 6.45) is 10.2. The molecule has 0 aliphatic heterocycles. The Hall–Kier alpha value is -2.31. The van der Waals surface area contributed by atoms with Gasteiger partial charge >= 0.3 is 247 Å². The van der Waals surface area contributed by atoms with Crippen molar-refractivity contribution in [3.05, 3.63) is 148 Å². The van der Waals surface area contributed by atoms with E-state index in [0.29, 0.717) is 9.54 Å². The quantitative estimate of drug-likeness (QED) is 0.285. The molecular formula is C38H37Cl2Zr. The van der Waals surface area contributed by atoms with Crippen LogP contribution < -0.4 is 24.8 Å². The summed E-state index contributed by atoms with van der Waals surface area (Å²) >= 11 is -1.16. The Balaban J connectivity index is 0.00000194. The number of aryl methyl sites for hydroxylation is 1. The van der Waals surface area contributed by atoms with Gasteiger partial charge in [-0.15, -0.1) is 0 Å². The Morgan fingerprint density at radius 2 is 1.46 bits per heavy atom. The molecule has 4 aromatic rings. The average molecular weight is 656 g/mol. The van der Waals surface area contributed by atoms with Crippen LogP contribution >= 0.6 is 0 Å². The van der Waals surface area contributed by atoms with Crippen LogP contribution in [-0.2, 0) is 35.6 Å². The van der Waals surface area contributed by atoms with E-state index >= 15 is 0 Å². The van der Waals surface area contributed by atoms with E-state index in [1.54, 1.807) is 25.5 Å². The molecule has 4 aromatic carbocycles. The predicted molar refractivity (Wildman–Crippen MR) is 164 cm³/mol. The molecule has 0 fully saturated rings. The number of hydrogen-bond donors (Lipinski definition) is 0. The van der Waals surface area contributed by atoms with Crippen LogP contribution in [0.25, 0.3) is 16.7 Å². The molecule has 0 bridgehead atoms. The summed E-state index contributed by atoms with van der Waals surface area (Å²) in [6.45, 7) is 9.38. The molecule has 1 atom stereocenters. The Bertz CT molecular complexity index is 1570. The monoisotopic (exact) mass is 653 g/mol. The van der Waals surface area contributed by atoms with Gasteiger partial charge in [-0.2, -0.15) is 0 Å². The van der Waals surface area contributed by atoms with Crippen LogP contribution in [0.4, 0.5) is 0 Å². The molecule has 2 aliphatic rings. The van der Waals surface area contributed by atoms with Crippen LogP contribution in [0.3, 0.4) is 0 Å². The average Bonchev–Trinajstić information content (AvgIpc) is 3.62. The molecule has 207 valence electrons. The van der Waals surface area contributed by atoms with E-state index in [1.165, 1.54) is 39.0 Å². The van der Waals surface area contributed by atoms with Gasteiger partial charge in [-0.3, -0.25) is 0 Å². The number of benzene rings is 4. The van der Waals surface area contributed by atoms with Gasteiger partial charge in [0.2, 0.25) is 0 Å². The fraction of sp³-hybridized carbons (Fsp3) is 0.237. The molecular weight excluding hydrogens is 619 g/mol. The zero-order chi connectivity index (χ0) is 26.9. The van der Waals surface area contributed by atoms with Crippen molar-refractivity contribution in [1.29, 1.82) is 0 Å². The molecule has 3 heteroatoms. The second-order valence-electron chi connectivity index (χ2n) is 11.1. The van der Waals surface area contributed by atoms with Crippen molar-refractivity contribution in [2.45, 2.75) is 56.5 Å². The summed E-state index contributed by atoms with van der Waals surface area (Å²) in [6, 6.07) is 32.3. The molecule has 6 rings (SSSR count). The Morgan fingerprint density at radius 1 is 0.805 bits per heavy atom. The second-order valence-corrected chi connectivity index (χ2v) is 14.4. The molecule has 0 aromatic heterocycles. The number of halogens is 2. The first-order chi connectivity index (χ1) is 19.1. The van der Waals surface area contributed by atoms with Crippen molar-refractivity contribution in [2.75, 3.05) is 0 Å². The number of hydrogen-bond acceptors (Lipinski definition) is 0. The molecule has 1 unspecified atom stereocenters. The van der Waals surface area contributed by atoms with Gasteiger partial charge in [-0.05, 0) is 0 Å². The van der Waals surface area contributed by atoms with Gasteiger partial charge in [0.05, 0.1) is 0 Å². The van der Waals surface area contributed by atoms with Crippen molar-refractivity contribution in [1.82, 2.24) is 0 Å². The van der Waals surface area contributed by atoms with Gasteiger partial charge in [0, 0.05) is 0 Å². The molecule has 0 nitrogen and oxygen atoms in total. The first kappa shape index (κ1) is 31.6. The van der Waals surface area contributed by atoms with E-state index in [-0.39, 0.29) is 24.8 Å². The van der Waals surface area contributed by atoms with E-state index in [0.717, 1.165) is 19.3 Å². The van der Waals surface area contributed by atoms with E-state index < -0.39 is 22.8 Å². The van der Waals surface area contributed by atoms with Gasteiger partial charge < -0.3 is 24.8 Å². The van der Waals surface area contributed by atoms with Crippen molar-refractivity contribution in [3.63, 3.8) is 0 Å². The Kier molecular flexibility index (Phi) is 10.6. The molecule has 0 saturated carbocycles. The van der Waals surface area contributed by atoms with Crippen LogP contribution in [0.1, 0.15) is 88.2 Å². The first-order valence-electron chi connectivity index (χ1n) is 14.5. The maximum Gasteiger partial charge on any atom is -1.00 e. The van der Waals surface area contributed by atoms with Crippen LogP contribution in [0.5, 0.6) is 0 Å². The minimum absolute atomic E-state index is 0. The molecule has 0 N–H and O–H groups in total. The van der Waals surface area contributed by atoms with Crippen molar-refractivity contribution in [3.8, 4) is 11.1 Å². The predicted octanol–water partition coefficient (Wildman–Crippen LogP) is 3.71. The molecule has 0 spiro atoms. The molecule has 0 radical (unpaired) electrons. The van der Waals surface area contributed by atoms with E-state index in [4.69, 9.17) is 0 Å². The smallest absolute Gasteiger partial charge is 1.00 e. The van der Waals surface area contributed by atoms with Crippen molar-refractivity contribution >= 4 is 8.78 Å². The zero-order valence-corrected chi connectivity index (χ0v) is 28.3. The fourth-order valence-electron chi connectivity index (χ4n) is 6.49. The van der Waals surface area contributed by atoms with Crippen molar-refractivity contribution < 1.29 is 47.6 Å². The van der Waals surface area contributed by atoms with E-state index in [2.05, 4.69) is 131 Å². The van der Waals surface area contributed by atoms with Crippen LogP contribution in [-0.4, -0.2) is 3.21 Å². The summed E-state index contributed by atoms with van der Waals surface area (Å²) in [5.74, 6) is 0.507. The Labute approximate surface area is 269 Å². The summed E-state index contributed by atoms with van der Waals surface area (Å²) in [4.78, 5) is 0. The maximum absolute atomic E-state index is 2.58. The standard InChI is InChI=1S/C25H27.C13H10.2ClH.Zr/c1-5-17-11-12-21-19(13-17)14-24-23(21)15-22(16(3)4)20(6-2)25(24)18-9-7-8-10-18;1-3-7-12(8-4-1)11-13-9-5-2-6-10-13;;;/h7-9,11-16H,5-6,10H2,1-4H3;1-10H;2*1H;/q;;;;+2/p-2. The molecule has 0 heterocycles. The maximum atomic E-state index is 2.58. The fourth-order valence-corrected chi connectivity index (χ4v) is 10.9. The van der Waals surface area contributed by atoms with Crippen LogP contribution in [0.15, 0.2) is 103 Å². The minimum Gasteiger partial charge on any atom is -1.00 e. The third-order valence-corrected chi connectivity index (χ3v) is 12.7. The topological polar surface area (TPSA) is 0 Å². The number of allylic oxidation sites excluding steroid dienone is 4. The van der Waals surface area contributed by atoms with Crippen LogP contribution in [0.2, 0.25) is 0 Å². The normalized spacial score (nSPS) is 14.5. The summed E-state index contributed by atoms with van der Waals surface area (Å²) < 4.78 is 2.09. The molecule has 0 amide bonds. The van der Waals surface area contributed by atoms with Crippen molar-refractivity contribution in [2.24, 2.45) is 0 Å². The van der Waals surface area contributed by atoms with Gasteiger partial charge in [0.25, 0.3) is 0 Å². The van der Waals surface area contributed by atoms with Crippen LogP contribution in [0, 0.1) is 0 Å². The first-order valence-corrected chi connectivity index (χ1v) is 17.2. The Morgan fingerprint density at radius 3 is 2.00 bits per heavy atom. The third kappa shape index (κ3) is 5.97. The number of rotatable bonds is 7. The van der Waals surface area contributed by atoms with Gasteiger partial charge in [-0.1, -0.05) is 0 Å². The summed E-state index contributed by atoms with van der Waals surface area (Å²) in [7, 11) is 0. The van der Waals surface area contributed by atoms with Gasteiger partial charge in [-0.25, -0.2) is 0 Å². The molecule has 2 aliphatic carbocycles. The molecule has 41 heavy (non-hydrogen) atoms. The third-order valence-electron chi connectivity index (χ3n) is 8.41. The summed E-state index contributed by atoms with van der Waals surface area (Å²) in [5.41, 5.74) is 16.6. The molecule has 0 saturated heterocycles. The van der Waals surface area contributed by atoms with E-state index in [9.17, 15) is 0 Å². The SMILES string of the molecule is CCc1ccc2c(c1)[CH]([Zr+2]=[C](c1ccccc1)c1ccccc1)c1c-2cc(C(C)C)c(CC)c1C1=CC=CC1.[Cl-].[Cl-]. The van der Waals surface area contributed by atoms with Gasteiger partial charge in [0.15, 0.2) is 0 Å². The number of fused-ring (bicyclic) bond motifs is 3. The van der Waals surface area contributed by atoms with Gasteiger partial charge in [0.1, 0.15) is 0 Å². The zero-order valence-electron chi connectivity index (χ0n) is 24.3. The summed E-state index contributed by atoms with van der Waals surface area (Å²) in [5, 5.41) is 0.